The summed E-state index contributed by atoms with van der Waals surface area (Å²) < 4.78 is 4.94. The molecule has 1 fully saturated rings. The number of amides is 2. The number of piperidine rings is 1. The highest BCUT2D eigenvalue weighted by molar-refractivity contribution is 5.99. The lowest BCUT2D eigenvalue weighted by molar-refractivity contribution is 0.228. The van der Waals surface area contributed by atoms with Crippen LogP contribution in [0.1, 0.15) is 42.6 Å². The van der Waals surface area contributed by atoms with Crippen LogP contribution in [-0.4, -0.2) is 52.2 Å². The summed E-state index contributed by atoms with van der Waals surface area (Å²) in [6.45, 7) is 6.17. The smallest absolute Gasteiger partial charge is 0.324 e. The van der Waals surface area contributed by atoms with Crippen molar-refractivity contribution in [2.24, 2.45) is 0 Å². The summed E-state index contributed by atoms with van der Waals surface area (Å²) in [6, 6.07) is 8.50. The van der Waals surface area contributed by atoms with E-state index in [1.807, 2.05) is 12.1 Å². The third-order valence-corrected chi connectivity index (χ3v) is 5.38. The van der Waals surface area contributed by atoms with Gasteiger partial charge < -0.3 is 20.1 Å². The Hall–Kier alpha value is -3.90. The van der Waals surface area contributed by atoms with Crippen LogP contribution >= 0.6 is 0 Å². The van der Waals surface area contributed by atoms with Crippen LogP contribution < -0.4 is 16.0 Å². The first kappa shape index (κ1) is 23.3. The van der Waals surface area contributed by atoms with E-state index in [0.717, 1.165) is 30.6 Å². The first-order chi connectivity index (χ1) is 16.6. The van der Waals surface area contributed by atoms with Crippen molar-refractivity contribution in [3.63, 3.8) is 0 Å². The molecule has 0 spiro atoms. The Morgan fingerprint density at radius 1 is 1.06 bits per heavy atom. The number of nitrogens with zero attached hydrogens (tertiary/aromatic N) is 4. The summed E-state index contributed by atoms with van der Waals surface area (Å²) in [5, 5.41) is 12.4. The molecule has 0 atom stereocenters. The second kappa shape index (κ2) is 11.8. The Kier molecular flexibility index (Phi) is 8.08. The number of hydrogen-bond acceptors (Lipinski definition) is 7. The van der Waals surface area contributed by atoms with E-state index in [9.17, 15) is 4.79 Å². The molecule has 2 aromatic heterocycles. The van der Waals surface area contributed by atoms with E-state index in [4.69, 9.17) is 4.52 Å². The van der Waals surface area contributed by atoms with Gasteiger partial charge in [0.15, 0.2) is 5.82 Å². The predicted octanol–water partition coefficient (Wildman–Crippen LogP) is 4.10. The molecule has 0 unspecified atom stereocenters. The molecule has 1 saturated heterocycles. The molecule has 3 aromatic rings. The second-order valence-corrected chi connectivity index (χ2v) is 8.21. The molecular formula is C25H29N7O2. The monoisotopic (exact) mass is 459 g/mol. The number of aryl methyl sites for hydroxylation is 1. The van der Waals surface area contributed by atoms with Crippen molar-refractivity contribution in [1.82, 2.24) is 20.0 Å². The van der Waals surface area contributed by atoms with Gasteiger partial charge in [0.1, 0.15) is 5.76 Å². The van der Waals surface area contributed by atoms with Gasteiger partial charge in [-0.3, -0.25) is 5.32 Å². The lowest BCUT2D eigenvalue weighted by atomic mass is 10.1. The SMILES string of the molecule is Cc1cc(NC(=O)Nc2cccc(C#Cc3cnc(NCCCN4CCCCC4)nc3)c2)no1. The molecule has 176 valence electrons. The molecule has 0 radical (unpaired) electrons. The van der Waals surface area contributed by atoms with Crippen LogP contribution in [0.15, 0.2) is 47.2 Å². The van der Waals surface area contributed by atoms with Crippen molar-refractivity contribution in [2.75, 3.05) is 42.1 Å². The Morgan fingerprint density at radius 2 is 1.85 bits per heavy atom. The van der Waals surface area contributed by atoms with Gasteiger partial charge in [0.05, 0.1) is 5.56 Å². The van der Waals surface area contributed by atoms with Gasteiger partial charge in [-0.25, -0.2) is 14.8 Å². The van der Waals surface area contributed by atoms with Crippen molar-refractivity contribution < 1.29 is 9.32 Å². The highest BCUT2D eigenvalue weighted by atomic mass is 16.5. The van der Waals surface area contributed by atoms with Crippen LogP contribution in [0.4, 0.5) is 22.2 Å². The molecule has 9 heteroatoms. The van der Waals surface area contributed by atoms with Gasteiger partial charge >= 0.3 is 6.03 Å². The summed E-state index contributed by atoms with van der Waals surface area (Å²) in [5.74, 6) is 7.73. The lowest BCUT2D eigenvalue weighted by Gasteiger charge is -2.26. The topological polar surface area (TPSA) is 108 Å². The molecule has 1 aliphatic heterocycles. The van der Waals surface area contributed by atoms with Gasteiger partial charge in [0.25, 0.3) is 0 Å². The fourth-order valence-corrected chi connectivity index (χ4v) is 3.69. The Bertz CT molecular complexity index is 1140. The third-order valence-electron chi connectivity index (χ3n) is 5.38. The summed E-state index contributed by atoms with van der Waals surface area (Å²) in [5.41, 5.74) is 2.09. The van der Waals surface area contributed by atoms with Gasteiger partial charge in [-0.05, 0) is 64.0 Å². The number of nitrogens with one attached hydrogen (secondary N) is 3. The van der Waals surface area contributed by atoms with Crippen LogP contribution in [0.3, 0.4) is 0 Å². The van der Waals surface area contributed by atoms with Crippen LogP contribution in [0.2, 0.25) is 0 Å². The normalized spacial score (nSPS) is 13.6. The Balaban J connectivity index is 1.24. The number of urea groups is 1. The second-order valence-electron chi connectivity index (χ2n) is 8.21. The van der Waals surface area contributed by atoms with Crippen LogP contribution in [0.5, 0.6) is 0 Å². The zero-order valence-corrected chi connectivity index (χ0v) is 19.3. The standard InChI is InChI=1S/C25H29N7O2/c1-19-15-23(31-34-19)30-25(33)29-22-8-5-7-20(16-22)9-10-21-17-27-24(28-18-21)26-11-6-14-32-12-3-2-4-13-32/h5,7-8,15-18H,2-4,6,11-14H2,1H3,(H,26,27,28)(H2,29,30,31,33). The lowest BCUT2D eigenvalue weighted by Crippen LogP contribution is -2.31. The van der Waals surface area contributed by atoms with Gasteiger partial charge in [0, 0.05) is 36.3 Å². The summed E-state index contributed by atoms with van der Waals surface area (Å²) in [6.07, 6.45) is 8.50. The van der Waals surface area contributed by atoms with Crippen molar-refractivity contribution in [3.05, 3.63) is 59.6 Å². The number of carbonyl (C=O) groups excluding carboxylic acids is 1. The van der Waals surface area contributed by atoms with Crippen LogP contribution in [0, 0.1) is 18.8 Å². The maximum atomic E-state index is 12.1. The fourth-order valence-electron chi connectivity index (χ4n) is 3.69. The van der Waals surface area contributed by atoms with Crippen LogP contribution in [-0.2, 0) is 0 Å². The average molecular weight is 460 g/mol. The molecule has 2 amide bonds. The summed E-state index contributed by atoms with van der Waals surface area (Å²) >= 11 is 0. The maximum Gasteiger partial charge on any atom is 0.324 e. The summed E-state index contributed by atoms with van der Waals surface area (Å²) in [7, 11) is 0. The average Bonchev–Trinajstić information content (AvgIpc) is 3.26. The Labute approximate surface area is 199 Å². The number of likely N-dealkylation sites (tertiary alicyclic amines) is 1. The predicted molar refractivity (Wildman–Crippen MR) is 132 cm³/mol. The minimum absolute atomic E-state index is 0.353. The maximum absolute atomic E-state index is 12.1. The molecule has 0 aliphatic carbocycles. The molecule has 1 aromatic carbocycles. The molecular weight excluding hydrogens is 430 g/mol. The van der Waals surface area contributed by atoms with E-state index in [1.165, 1.54) is 32.4 Å². The van der Waals surface area contributed by atoms with E-state index in [1.54, 1.807) is 37.5 Å². The molecule has 1 aliphatic rings. The molecule has 9 nitrogen and oxygen atoms in total. The van der Waals surface area contributed by atoms with E-state index in [2.05, 4.69) is 47.8 Å². The number of benzene rings is 1. The van der Waals surface area contributed by atoms with E-state index < -0.39 is 6.03 Å². The molecule has 0 saturated carbocycles. The Morgan fingerprint density at radius 3 is 2.62 bits per heavy atom. The molecule has 3 N–H and O–H groups in total. The number of carbonyl (C=O) groups is 1. The van der Waals surface area contributed by atoms with Gasteiger partial charge in [-0.2, -0.15) is 0 Å². The highest BCUT2D eigenvalue weighted by Gasteiger charge is 2.09. The van der Waals surface area contributed by atoms with Crippen molar-refractivity contribution in [1.29, 1.82) is 0 Å². The number of rotatable bonds is 7. The van der Waals surface area contributed by atoms with Gasteiger partial charge in [-0.1, -0.05) is 29.5 Å². The fraction of sp³-hybridized carbons (Fsp3) is 0.360. The van der Waals surface area contributed by atoms with E-state index in [-0.39, 0.29) is 0 Å². The van der Waals surface area contributed by atoms with Crippen molar-refractivity contribution >= 4 is 23.5 Å². The molecule has 3 heterocycles. The van der Waals surface area contributed by atoms with E-state index >= 15 is 0 Å². The minimum Gasteiger partial charge on any atom is -0.360 e. The van der Waals surface area contributed by atoms with Gasteiger partial charge in [0.2, 0.25) is 5.95 Å². The molecule has 34 heavy (non-hydrogen) atoms. The zero-order valence-electron chi connectivity index (χ0n) is 19.3. The number of hydrogen-bond donors (Lipinski definition) is 3. The van der Waals surface area contributed by atoms with Gasteiger partial charge in [-0.15, -0.1) is 0 Å². The highest BCUT2D eigenvalue weighted by Crippen LogP contribution is 2.12. The number of anilines is 3. The quantitative estimate of drug-likeness (QED) is 0.360. The van der Waals surface area contributed by atoms with Crippen molar-refractivity contribution in [2.45, 2.75) is 32.6 Å². The zero-order chi connectivity index (χ0) is 23.6. The van der Waals surface area contributed by atoms with E-state index in [0.29, 0.717) is 23.2 Å². The first-order valence-corrected chi connectivity index (χ1v) is 11.6. The molecule has 0 bridgehead atoms. The first-order valence-electron chi connectivity index (χ1n) is 11.6. The summed E-state index contributed by atoms with van der Waals surface area (Å²) in [4.78, 5) is 23.4. The number of aromatic nitrogens is 3. The van der Waals surface area contributed by atoms with Crippen molar-refractivity contribution in [3.8, 4) is 11.8 Å². The largest absolute Gasteiger partial charge is 0.360 e. The molecule has 4 rings (SSSR count). The van der Waals surface area contributed by atoms with Crippen LogP contribution in [0.25, 0.3) is 0 Å². The third kappa shape index (κ3) is 7.32. The minimum atomic E-state index is -0.411.